The van der Waals surface area contributed by atoms with Crippen LogP contribution in [0.25, 0.3) is 0 Å². The summed E-state index contributed by atoms with van der Waals surface area (Å²) in [6, 6.07) is 18.9. The molecule has 2 aromatic carbocycles. The van der Waals surface area contributed by atoms with Gasteiger partial charge in [0.05, 0.1) is 0 Å². The first-order valence-corrected chi connectivity index (χ1v) is 6.21. The Morgan fingerprint density at radius 1 is 0.875 bits per heavy atom. The molecule has 0 N–H and O–H groups in total. The van der Waals surface area contributed by atoms with Gasteiger partial charge in [0, 0.05) is 28.2 Å². The van der Waals surface area contributed by atoms with Crippen LogP contribution in [0.2, 0.25) is 0 Å². The van der Waals surface area contributed by atoms with Crippen LogP contribution in [0.5, 0.6) is 0 Å². The highest BCUT2D eigenvalue weighted by molar-refractivity contribution is 14.1. The van der Waals surface area contributed by atoms with Crippen molar-refractivity contribution >= 4 is 22.6 Å². The fraction of sp³-hybridized carbons (Fsp3) is 0.0667. The predicted octanol–water partition coefficient (Wildman–Crippen LogP) is 4.02. The van der Waals surface area contributed by atoms with Crippen molar-refractivity contribution in [2.75, 3.05) is 0 Å². The van der Waals surface area contributed by atoms with Crippen molar-refractivity contribution < 1.29 is 0 Å². The molecule has 0 aliphatic carbocycles. The second-order valence-corrected chi connectivity index (χ2v) is 4.12. The summed E-state index contributed by atoms with van der Waals surface area (Å²) in [6.07, 6.45) is 0.970. The highest BCUT2D eigenvalue weighted by Gasteiger charge is 1.96. The molecule has 0 spiro atoms. The quantitative estimate of drug-likeness (QED) is 0.579. The molecule has 1 heteroatoms. The van der Waals surface area contributed by atoms with Gasteiger partial charge >= 0.3 is 0 Å². The Kier molecular flexibility index (Phi) is 4.01. The molecule has 0 radical (unpaired) electrons. The molecule has 0 atom stereocenters. The lowest BCUT2D eigenvalue weighted by Gasteiger charge is -2.02. The van der Waals surface area contributed by atoms with Crippen LogP contribution in [0, 0.1) is 9.85 Å². The van der Waals surface area contributed by atoms with Crippen molar-refractivity contribution in [1.29, 1.82) is 0 Å². The van der Waals surface area contributed by atoms with Gasteiger partial charge in [-0.1, -0.05) is 48.4 Å². The zero-order valence-electron chi connectivity index (χ0n) is 8.78. The van der Waals surface area contributed by atoms with E-state index in [1.807, 2.05) is 12.1 Å². The topological polar surface area (TPSA) is 0 Å². The Balaban J connectivity index is 2.21. The monoisotopic (exact) mass is 318 g/mol. The number of halogens is 1. The number of hydrogen-bond acceptors (Lipinski definition) is 0. The highest BCUT2D eigenvalue weighted by atomic mass is 127. The lowest BCUT2D eigenvalue weighted by molar-refractivity contribution is 1.19. The zero-order chi connectivity index (χ0) is 11.2. The molecule has 0 heterocycles. The van der Waals surface area contributed by atoms with E-state index in [0.29, 0.717) is 0 Å². The number of hydrogen-bond donors (Lipinski definition) is 0. The van der Waals surface area contributed by atoms with Gasteiger partial charge < -0.3 is 0 Å². The maximum absolute atomic E-state index is 3.07. The lowest BCUT2D eigenvalue weighted by atomic mass is 10.0. The average Bonchev–Trinajstić information content (AvgIpc) is 2.31. The minimum Gasteiger partial charge on any atom is -0.0622 e. The summed E-state index contributed by atoms with van der Waals surface area (Å²) in [5.74, 6) is 3.07. The van der Waals surface area contributed by atoms with E-state index in [-0.39, 0.29) is 0 Å². The molecule has 0 fully saturated rings. The molecular weight excluding hydrogens is 307 g/mol. The SMILES string of the molecule is IC#Cc1cccc(Cc2ccccc2)c1. The average molecular weight is 318 g/mol. The van der Waals surface area contributed by atoms with Crippen molar-refractivity contribution in [3.05, 3.63) is 71.3 Å². The van der Waals surface area contributed by atoms with Gasteiger partial charge in [-0.15, -0.1) is 0 Å². The molecule has 2 aromatic rings. The Bertz CT molecular complexity index is 518. The molecule has 16 heavy (non-hydrogen) atoms. The van der Waals surface area contributed by atoms with E-state index in [0.717, 1.165) is 12.0 Å². The van der Waals surface area contributed by atoms with Crippen LogP contribution in [0.3, 0.4) is 0 Å². The largest absolute Gasteiger partial charge is 0.0622 e. The first kappa shape index (κ1) is 11.2. The standard InChI is InChI=1S/C15H11I/c16-10-9-14-7-4-8-15(12-14)11-13-5-2-1-3-6-13/h1-8,12H,11H2. The van der Waals surface area contributed by atoms with Gasteiger partial charge in [-0.2, -0.15) is 0 Å². The van der Waals surface area contributed by atoms with E-state index >= 15 is 0 Å². The van der Waals surface area contributed by atoms with Crippen molar-refractivity contribution in [2.24, 2.45) is 0 Å². The van der Waals surface area contributed by atoms with Crippen LogP contribution in [-0.2, 0) is 6.42 Å². The van der Waals surface area contributed by atoms with E-state index in [2.05, 4.69) is 74.9 Å². The van der Waals surface area contributed by atoms with Crippen LogP contribution in [0.15, 0.2) is 54.6 Å². The molecule has 0 aliphatic heterocycles. The maximum atomic E-state index is 3.07. The lowest BCUT2D eigenvalue weighted by Crippen LogP contribution is -1.88. The minimum atomic E-state index is 0.970. The van der Waals surface area contributed by atoms with Gasteiger partial charge in [0.2, 0.25) is 0 Å². The van der Waals surface area contributed by atoms with Crippen molar-refractivity contribution in [2.45, 2.75) is 6.42 Å². The maximum Gasteiger partial charge on any atom is 0.0256 e. The minimum absolute atomic E-state index is 0.970. The highest BCUT2D eigenvalue weighted by Crippen LogP contribution is 2.10. The Hall–Kier alpha value is -1.27. The van der Waals surface area contributed by atoms with Gasteiger partial charge in [-0.3, -0.25) is 0 Å². The van der Waals surface area contributed by atoms with Gasteiger partial charge in [-0.25, -0.2) is 0 Å². The molecule has 0 aliphatic rings. The molecule has 0 saturated carbocycles. The number of rotatable bonds is 2. The third kappa shape index (κ3) is 3.11. The third-order valence-corrected chi connectivity index (χ3v) is 2.64. The van der Waals surface area contributed by atoms with Gasteiger partial charge in [0.25, 0.3) is 0 Å². The molecule has 78 valence electrons. The van der Waals surface area contributed by atoms with Gasteiger partial charge in [0.15, 0.2) is 0 Å². The van der Waals surface area contributed by atoms with Gasteiger partial charge in [0.1, 0.15) is 0 Å². The van der Waals surface area contributed by atoms with Crippen molar-refractivity contribution in [3.63, 3.8) is 0 Å². The molecule has 0 aromatic heterocycles. The Labute approximate surface area is 110 Å². The summed E-state index contributed by atoms with van der Waals surface area (Å²) in [6.45, 7) is 0. The van der Waals surface area contributed by atoms with Crippen LogP contribution in [0.1, 0.15) is 16.7 Å². The fourth-order valence-electron chi connectivity index (χ4n) is 1.65. The van der Waals surface area contributed by atoms with E-state index < -0.39 is 0 Å². The normalized spacial score (nSPS) is 9.31. The van der Waals surface area contributed by atoms with Crippen LogP contribution in [0.4, 0.5) is 0 Å². The summed E-state index contributed by atoms with van der Waals surface area (Å²) in [5, 5.41) is 0. The Morgan fingerprint density at radius 3 is 2.38 bits per heavy atom. The second kappa shape index (κ2) is 5.72. The van der Waals surface area contributed by atoms with Crippen molar-refractivity contribution in [3.8, 4) is 9.85 Å². The van der Waals surface area contributed by atoms with Gasteiger partial charge in [-0.05, 0) is 33.6 Å². The van der Waals surface area contributed by atoms with Crippen molar-refractivity contribution in [1.82, 2.24) is 0 Å². The smallest absolute Gasteiger partial charge is 0.0256 e. The molecule has 0 saturated heterocycles. The van der Waals surface area contributed by atoms with Crippen LogP contribution >= 0.6 is 22.6 Å². The van der Waals surface area contributed by atoms with E-state index in [1.165, 1.54) is 11.1 Å². The summed E-state index contributed by atoms with van der Waals surface area (Å²) in [7, 11) is 0. The summed E-state index contributed by atoms with van der Waals surface area (Å²) in [5.41, 5.74) is 3.73. The Morgan fingerprint density at radius 2 is 1.62 bits per heavy atom. The zero-order valence-corrected chi connectivity index (χ0v) is 10.9. The van der Waals surface area contributed by atoms with E-state index in [9.17, 15) is 0 Å². The van der Waals surface area contributed by atoms with E-state index in [1.54, 1.807) is 0 Å². The fourth-order valence-corrected chi connectivity index (χ4v) is 1.96. The first-order valence-electron chi connectivity index (χ1n) is 5.13. The summed E-state index contributed by atoms with van der Waals surface area (Å²) < 4.78 is 2.90. The second-order valence-electron chi connectivity index (χ2n) is 3.58. The molecule has 0 nitrogen and oxygen atoms in total. The molecule has 0 unspecified atom stereocenters. The first-order chi connectivity index (χ1) is 7.88. The summed E-state index contributed by atoms with van der Waals surface area (Å²) in [4.78, 5) is 0. The molecule has 2 rings (SSSR count). The predicted molar refractivity (Wildman–Crippen MR) is 76.6 cm³/mol. The molecule has 0 amide bonds. The molecule has 0 bridgehead atoms. The third-order valence-electron chi connectivity index (χ3n) is 2.37. The van der Waals surface area contributed by atoms with Crippen LogP contribution < -0.4 is 0 Å². The summed E-state index contributed by atoms with van der Waals surface area (Å²) >= 11 is 2.07. The van der Waals surface area contributed by atoms with E-state index in [4.69, 9.17) is 0 Å². The molecular formula is C15H11I. The van der Waals surface area contributed by atoms with Crippen LogP contribution in [-0.4, -0.2) is 0 Å². The number of benzene rings is 2.